The van der Waals surface area contributed by atoms with E-state index in [1.54, 1.807) is 36.4 Å². The molecule has 8 nitrogen and oxygen atoms in total. The number of pyridine rings is 1. The number of rotatable bonds is 7. The summed E-state index contributed by atoms with van der Waals surface area (Å²) < 4.78 is 44.4. The number of carboxylic acid groups (broad SMARTS) is 1. The molecule has 1 atom stereocenters. The second-order valence-electron chi connectivity index (χ2n) is 7.68. The molecule has 0 radical (unpaired) electrons. The SMILES string of the molecule is O=C(C=Cc1cccc(Oc2ccnc(C3=NCC(C(=O)O)N3)c2)c1)Nc1cccc(C(F)(F)F)c1. The van der Waals surface area contributed by atoms with Crippen LogP contribution in [0.3, 0.4) is 0 Å². The highest BCUT2D eigenvalue weighted by molar-refractivity contribution is 6.02. The van der Waals surface area contributed by atoms with E-state index < -0.39 is 29.7 Å². The summed E-state index contributed by atoms with van der Waals surface area (Å²) in [5, 5.41) is 14.3. The van der Waals surface area contributed by atoms with E-state index in [9.17, 15) is 22.8 Å². The molecule has 1 unspecified atom stereocenters. The molecule has 3 aromatic rings. The van der Waals surface area contributed by atoms with Crippen molar-refractivity contribution in [3.05, 3.63) is 89.8 Å². The van der Waals surface area contributed by atoms with E-state index in [4.69, 9.17) is 9.84 Å². The molecular formula is C25H19F3N4O4. The first-order chi connectivity index (χ1) is 17.2. The Morgan fingerprint density at radius 3 is 2.61 bits per heavy atom. The van der Waals surface area contributed by atoms with E-state index >= 15 is 0 Å². The molecule has 3 N–H and O–H groups in total. The van der Waals surface area contributed by atoms with Crippen molar-refractivity contribution in [2.45, 2.75) is 12.2 Å². The molecule has 1 aliphatic rings. The molecule has 2 heterocycles. The van der Waals surface area contributed by atoms with Crippen LogP contribution in [0.4, 0.5) is 18.9 Å². The van der Waals surface area contributed by atoms with Gasteiger partial charge in [-0.15, -0.1) is 0 Å². The van der Waals surface area contributed by atoms with Gasteiger partial charge in [0.05, 0.1) is 12.1 Å². The van der Waals surface area contributed by atoms with Crippen molar-refractivity contribution >= 4 is 29.5 Å². The Morgan fingerprint density at radius 1 is 1.08 bits per heavy atom. The number of carbonyl (C=O) groups is 2. The molecule has 4 rings (SSSR count). The van der Waals surface area contributed by atoms with Gasteiger partial charge in [-0.1, -0.05) is 18.2 Å². The van der Waals surface area contributed by atoms with Gasteiger partial charge in [0, 0.05) is 24.0 Å². The van der Waals surface area contributed by atoms with Crippen LogP contribution in [0.5, 0.6) is 11.5 Å². The average Bonchev–Trinajstić information content (AvgIpc) is 3.34. The number of amidine groups is 1. The normalized spacial score (nSPS) is 15.3. The Hall–Kier alpha value is -4.67. The van der Waals surface area contributed by atoms with Gasteiger partial charge in [-0.2, -0.15) is 13.2 Å². The lowest BCUT2D eigenvalue weighted by Gasteiger charge is -2.09. The zero-order valence-electron chi connectivity index (χ0n) is 18.5. The zero-order chi connectivity index (χ0) is 25.7. The van der Waals surface area contributed by atoms with E-state index in [1.165, 1.54) is 30.5 Å². The van der Waals surface area contributed by atoms with E-state index in [0.717, 1.165) is 12.1 Å². The maximum atomic E-state index is 12.8. The summed E-state index contributed by atoms with van der Waals surface area (Å²) in [7, 11) is 0. The highest BCUT2D eigenvalue weighted by Gasteiger charge is 2.30. The van der Waals surface area contributed by atoms with Gasteiger partial charge in [0.15, 0.2) is 0 Å². The number of benzene rings is 2. The number of hydrogen-bond acceptors (Lipinski definition) is 6. The number of ether oxygens (including phenoxy) is 1. The number of aliphatic carboxylic acids is 1. The van der Waals surface area contributed by atoms with Gasteiger partial charge in [0.25, 0.3) is 0 Å². The third-order valence-corrected chi connectivity index (χ3v) is 4.99. The van der Waals surface area contributed by atoms with Crippen molar-refractivity contribution in [3.8, 4) is 11.5 Å². The number of nitrogens with one attached hydrogen (secondary N) is 2. The van der Waals surface area contributed by atoms with Crippen molar-refractivity contribution in [1.29, 1.82) is 0 Å². The molecule has 0 aliphatic carbocycles. The third-order valence-electron chi connectivity index (χ3n) is 4.99. The molecule has 0 saturated heterocycles. The fraction of sp³-hybridized carbons (Fsp3) is 0.120. The standard InChI is InChI=1S/C25H19F3N4O4/c26-25(27,28)16-4-2-5-17(12-16)31-22(33)8-7-15-3-1-6-18(11-15)36-19-9-10-29-20(13-19)23-30-14-21(32-23)24(34)35/h1-13,21H,14H2,(H,30,32)(H,31,33)(H,34,35). The van der Waals surface area contributed by atoms with Gasteiger partial charge in [0.2, 0.25) is 5.91 Å². The molecule has 1 amide bonds. The lowest BCUT2D eigenvalue weighted by Crippen LogP contribution is -2.37. The van der Waals surface area contributed by atoms with Crippen molar-refractivity contribution in [2.24, 2.45) is 4.99 Å². The van der Waals surface area contributed by atoms with Crippen molar-refractivity contribution in [1.82, 2.24) is 10.3 Å². The highest BCUT2D eigenvalue weighted by atomic mass is 19.4. The van der Waals surface area contributed by atoms with Gasteiger partial charge in [-0.25, -0.2) is 4.79 Å². The number of carboxylic acids is 1. The molecule has 36 heavy (non-hydrogen) atoms. The summed E-state index contributed by atoms with van der Waals surface area (Å²) in [6, 6.07) is 13.6. The number of nitrogens with zero attached hydrogens (tertiary/aromatic N) is 2. The average molecular weight is 496 g/mol. The Kier molecular flexibility index (Phi) is 7.00. The molecule has 11 heteroatoms. The van der Waals surface area contributed by atoms with Crippen molar-refractivity contribution < 1.29 is 32.6 Å². The first-order valence-electron chi connectivity index (χ1n) is 10.6. The third kappa shape index (κ3) is 6.26. The number of amides is 1. The highest BCUT2D eigenvalue weighted by Crippen LogP contribution is 2.30. The molecule has 2 aromatic carbocycles. The quantitative estimate of drug-likeness (QED) is 0.420. The summed E-state index contributed by atoms with van der Waals surface area (Å²) in [6.45, 7) is 0.104. The van der Waals surface area contributed by atoms with E-state index in [-0.39, 0.29) is 12.2 Å². The van der Waals surface area contributed by atoms with E-state index in [2.05, 4.69) is 20.6 Å². The molecule has 0 saturated carbocycles. The number of anilines is 1. The largest absolute Gasteiger partial charge is 0.480 e. The lowest BCUT2D eigenvalue weighted by molar-refractivity contribution is -0.139. The van der Waals surface area contributed by atoms with Crippen LogP contribution in [-0.2, 0) is 15.8 Å². The molecule has 1 aliphatic heterocycles. The van der Waals surface area contributed by atoms with Crippen LogP contribution >= 0.6 is 0 Å². The minimum atomic E-state index is -4.51. The van der Waals surface area contributed by atoms with Gasteiger partial charge >= 0.3 is 12.1 Å². The Morgan fingerprint density at radius 2 is 1.86 bits per heavy atom. The number of aromatic nitrogens is 1. The van der Waals surface area contributed by atoms with Crippen LogP contribution in [0.15, 0.2) is 77.9 Å². The molecule has 0 fully saturated rings. The zero-order valence-corrected chi connectivity index (χ0v) is 18.5. The summed E-state index contributed by atoms with van der Waals surface area (Å²) >= 11 is 0. The Bertz CT molecular complexity index is 1350. The monoisotopic (exact) mass is 496 g/mol. The predicted molar refractivity (Wildman–Crippen MR) is 126 cm³/mol. The van der Waals surface area contributed by atoms with E-state index in [1.807, 2.05) is 0 Å². The van der Waals surface area contributed by atoms with Crippen molar-refractivity contribution in [2.75, 3.05) is 11.9 Å². The maximum absolute atomic E-state index is 12.8. The molecule has 1 aromatic heterocycles. The number of hydrogen-bond donors (Lipinski definition) is 3. The van der Waals surface area contributed by atoms with Gasteiger partial charge in [-0.3, -0.25) is 14.8 Å². The summed E-state index contributed by atoms with van der Waals surface area (Å²) in [5.41, 5.74) is 0.220. The number of alkyl halides is 3. The lowest BCUT2D eigenvalue weighted by atomic mass is 10.2. The predicted octanol–water partition coefficient (Wildman–Crippen LogP) is 4.35. The first kappa shape index (κ1) is 24.5. The van der Waals surface area contributed by atoms with Crippen molar-refractivity contribution in [3.63, 3.8) is 0 Å². The van der Waals surface area contributed by atoms with Gasteiger partial charge in [-0.05, 0) is 48.0 Å². The van der Waals surface area contributed by atoms with Crippen LogP contribution in [0, 0.1) is 0 Å². The second kappa shape index (κ2) is 10.3. The Balaban J connectivity index is 1.40. The van der Waals surface area contributed by atoms with Crippen LogP contribution in [-0.4, -0.2) is 40.4 Å². The van der Waals surface area contributed by atoms with Crippen LogP contribution in [0.1, 0.15) is 16.8 Å². The molecule has 0 bridgehead atoms. The minimum absolute atomic E-state index is 0.0288. The molecule has 0 spiro atoms. The molecular weight excluding hydrogens is 477 g/mol. The molecule has 184 valence electrons. The topological polar surface area (TPSA) is 113 Å². The smallest absolute Gasteiger partial charge is 0.416 e. The number of carbonyl (C=O) groups excluding carboxylic acids is 1. The fourth-order valence-electron chi connectivity index (χ4n) is 3.28. The van der Waals surface area contributed by atoms with Crippen LogP contribution in [0.25, 0.3) is 6.08 Å². The fourth-order valence-corrected chi connectivity index (χ4v) is 3.28. The minimum Gasteiger partial charge on any atom is -0.480 e. The van der Waals surface area contributed by atoms with Gasteiger partial charge < -0.3 is 20.5 Å². The van der Waals surface area contributed by atoms with Crippen LogP contribution in [0.2, 0.25) is 0 Å². The summed E-state index contributed by atoms with van der Waals surface area (Å²) in [4.78, 5) is 31.6. The summed E-state index contributed by atoms with van der Waals surface area (Å²) in [6.07, 6.45) is -0.302. The van der Waals surface area contributed by atoms with E-state index in [0.29, 0.717) is 28.6 Å². The van der Waals surface area contributed by atoms with Gasteiger partial charge in [0.1, 0.15) is 29.1 Å². The van der Waals surface area contributed by atoms with Crippen LogP contribution < -0.4 is 15.4 Å². The number of aliphatic imine (C=N–C) groups is 1. The number of halogens is 3. The first-order valence-corrected chi connectivity index (χ1v) is 10.6. The summed E-state index contributed by atoms with van der Waals surface area (Å²) in [5.74, 6) is -0.348. The maximum Gasteiger partial charge on any atom is 0.416 e. The second-order valence-corrected chi connectivity index (χ2v) is 7.68. The Labute approximate surface area is 203 Å².